The number of carbonyl (C=O) groups is 1. The molecule has 1 unspecified atom stereocenters. The van der Waals surface area contributed by atoms with Gasteiger partial charge in [0, 0.05) is 6.42 Å². The third kappa shape index (κ3) is 3.47. The van der Waals surface area contributed by atoms with Gasteiger partial charge in [-0.2, -0.15) is 5.26 Å². The van der Waals surface area contributed by atoms with Gasteiger partial charge in [-0.05, 0) is 17.5 Å². The number of hydrogen-bond acceptors (Lipinski definition) is 8. The summed E-state index contributed by atoms with van der Waals surface area (Å²) in [4.78, 5) is 22.7. The van der Waals surface area contributed by atoms with Gasteiger partial charge in [-0.3, -0.25) is 14.9 Å². The number of rotatable bonds is 4. The molecule has 1 aliphatic rings. The van der Waals surface area contributed by atoms with Gasteiger partial charge in [0.2, 0.25) is 0 Å². The second-order valence-corrected chi connectivity index (χ2v) is 6.20. The lowest BCUT2D eigenvalue weighted by Crippen LogP contribution is -2.33. The number of azo groups is 1. The Bertz CT molecular complexity index is 835. The first kappa shape index (κ1) is 18.1. The van der Waals surface area contributed by atoms with Crippen LogP contribution in [0.25, 0.3) is 0 Å². The van der Waals surface area contributed by atoms with Crippen LogP contribution in [0.15, 0.2) is 39.9 Å². The van der Waals surface area contributed by atoms with Crippen molar-refractivity contribution in [2.45, 2.75) is 20.3 Å². The van der Waals surface area contributed by atoms with Gasteiger partial charge in [0.1, 0.15) is 17.4 Å². The molecule has 9 heteroatoms. The highest BCUT2D eigenvalue weighted by Crippen LogP contribution is 2.41. The zero-order valence-corrected chi connectivity index (χ0v) is 13.9. The smallest absolute Gasteiger partial charge is 0.300 e. The maximum atomic E-state index is 12.2. The maximum Gasteiger partial charge on any atom is 0.300 e. The van der Waals surface area contributed by atoms with Crippen LogP contribution in [-0.4, -0.2) is 22.9 Å². The van der Waals surface area contributed by atoms with Gasteiger partial charge in [-0.25, -0.2) is 0 Å². The Kier molecular flexibility index (Phi) is 4.83. The molecule has 0 aliphatic heterocycles. The van der Waals surface area contributed by atoms with E-state index in [1.54, 1.807) is 13.8 Å². The quantitative estimate of drug-likeness (QED) is 0.503. The first-order valence-electron chi connectivity index (χ1n) is 7.31. The van der Waals surface area contributed by atoms with Crippen molar-refractivity contribution < 1.29 is 19.6 Å². The van der Waals surface area contributed by atoms with Crippen LogP contribution in [-0.2, 0) is 4.79 Å². The van der Waals surface area contributed by atoms with E-state index in [0.29, 0.717) is 0 Å². The van der Waals surface area contributed by atoms with Gasteiger partial charge >= 0.3 is 0 Å². The van der Waals surface area contributed by atoms with Crippen LogP contribution in [0.2, 0.25) is 0 Å². The van der Waals surface area contributed by atoms with E-state index in [1.165, 1.54) is 25.3 Å². The second kappa shape index (κ2) is 6.68. The number of Topliss-reactive ketones (excluding diaryl/α,β-unsaturated/α-hetero) is 1. The Morgan fingerprint density at radius 1 is 1.44 bits per heavy atom. The van der Waals surface area contributed by atoms with Crippen molar-refractivity contribution in [2.24, 2.45) is 21.6 Å². The van der Waals surface area contributed by atoms with Crippen molar-refractivity contribution in [2.75, 3.05) is 7.11 Å². The number of ketones is 1. The zero-order valence-electron chi connectivity index (χ0n) is 13.9. The van der Waals surface area contributed by atoms with Crippen molar-refractivity contribution in [1.82, 2.24) is 0 Å². The molecule has 0 saturated heterocycles. The van der Waals surface area contributed by atoms with Crippen molar-refractivity contribution in [1.29, 1.82) is 5.26 Å². The van der Waals surface area contributed by atoms with E-state index in [4.69, 9.17) is 4.74 Å². The van der Waals surface area contributed by atoms with E-state index in [9.17, 15) is 25.3 Å². The molecule has 0 saturated carbocycles. The molecule has 1 aliphatic carbocycles. The molecule has 2 rings (SSSR count). The molecule has 0 radical (unpaired) electrons. The summed E-state index contributed by atoms with van der Waals surface area (Å²) in [6.07, 6.45) is 0.00828. The molecule has 1 aromatic carbocycles. The summed E-state index contributed by atoms with van der Waals surface area (Å²) in [6.45, 7) is 3.38. The Labute approximate surface area is 143 Å². The number of methoxy groups -OCH3 is 1. The molecular formula is C16H16N4O5. The lowest BCUT2D eigenvalue weighted by Gasteiger charge is -2.32. The highest BCUT2D eigenvalue weighted by molar-refractivity contribution is 5.97. The highest BCUT2D eigenvalue weighted by Gasteiger charge is 2.42. The number of allylic oxidation sites excluding steroid dienone is 2. The molecule has 25 heavy (non-hydrogen) atoms. The number of hydrogen-bond donors (Lipinski definition) is 1. The molecule has 0 bridgehead atoms. The summed E-state index contributed by atoms with van der Waals surface area (Å²) in [5.74, 6) is -1.59. The van der Waals surface area contributed by atoms with Crippen molar-refractivity contribution >= 4 is 17.2 Å². The van der Waals surface area contributed by atoms with Crippen LogP contribution >= 0.6 is 0 Å². The minimum atomic E-state index is -0.912. The first-order valence-corrected chi connectivity index (χ1v) is 7.31. The monoisotopic (exact) mass is 344 g/mol. The first-order chi connectivity index (χ1) is 11.7. The Hall–Kier alpha value is -3.28. The SMILES string of the molecule is COc1ccc(/N=N/C2=C(O)C(C#N)C(C)(C)CC2=O)c([N+](=O)[O-])c1. The number of aliphatic hydroxyl groups excluding tert-OH is 1. The molecule has 0 heterocycles. The predicted octanol–water partition coefficient (Wildman–Crippen LogP) is 3.60. The fourth-order valence-electron chi connectivity index (χ4n) is 2.56. The molecule has 1 atom stereocenters. The molecule has 0 fully saturated rings. The highest BCUT2D eigenvalue weighted by atomic mass is 16.6. The topological polar surface area (TPSA) is 138 Å². The average Bonchev–Trinajstić information content (AvgIpc) is 2.53. The number of carbonyl (C=O) groups excluding carboxylic acids is 1. The van der Waals surface area contributed by atoms with Crippen LogP contribution < -0.4 is 4.74 Å². The van der Waals surface area contributed by atoms with Crippen molar-refractivity contribution in [3.8, 4) is 11.8 Å². The number of aliphatic hydroxyl groups is 1. The average molecular weight is 344 g/mol. The third-order valence-corrected chi connectivity index (χ3v) is 3.94. The normalized spacial score (nSPS) is 19.8. The molecule has 1 aromatic rings. The van der Waals surface area contributed by atoms with Gasteiger partial charge < -0.3 is 9.84 Å². The van der Waals surface area contributed by atoms with Crippen LogP contribution in [0, 0.1) is 32.8 Å². The predicted molar refractivity (Wildman–Crippen MR) is 86.3 cm³/mol. The summed E-state index contributed by atoms with van der Waals surface area (Å²) in [5.41, 5.74) is -1.54. The van der Waals surface area contributed by atoms with E-state index in [-0.39, 0.29) is 29.2 Å². The molecule has 1 N–H and O–H groups in total. The maximum absolute atomic E-state index is 12.2. The summed E-state index contributed by atoms with van der Waals surface area (Å²) >= 11 is 0. The minimum absolute atomic E-state index is 0.00828. The molecule has 0 aromatic heterocycles. The molecule has 0 amide bonds. The van der Waals surface area contributed by atoms with E-state index >= 15 is 0 Å². The van der Waals surface area contributed by atoms with E-state index in [2.05, 4.69) is 10.2 Å². The van der Waals surface area contributed by atoms with Gasteiger partial charge in [0.05, 0.1) is 24.2 Å². The van der Waals surface area contributed by atoms with Crippen LogP contribution in [0.1, 0.15) is 20.3 Å². The van der Waals surface area contributed by atoms with Crippen LogP contribution in [0.4, 0.5) is 11.4 Å². The largest absolute Gasteiger partial charge is 0.508 e. The molecular weight excluding hydrogens is 328 g/mol. The summed E-state index contributed by atoms with van der Waals surface area (Å²) in [7, 11) is 1.37. The third-order valence-electron chi connectivity index (χ3n) is 3.94. The van der Waals surface area contributed by atoms with Gasteiger partial charge in [0.25, 0.3) is 5.69 Å². The lowest BCUT2D eigenvalue weighted by molar-refractivity contribution is -0.384. The number of nitrogens with zero attached hydrogens (tertiary/aromatic N) is 4. The molecule has 130 valence electrons. The summed E-state index contributed by atoms with van der Waals surface area (Å²) in [5, 5.41) is 38.0. The summed E-state index contributed by atoms with van der Waals surface area (Å²) in [6, 6.07) is 5.90. The van der Waals surface area contributed by atoms with Crippen LogP contribution in [0.3, 0.4) is 0 Å². The minimum Gasteiger partial charge on any atom is -0.508 e. The van der Waals surface area contributed by atoms with Crippen LogP contribution in [0.5, 0.6) is 5.75 Å². The number of ether oxygens (including phenoxy) is 1. The fourth-order valence-corrected chi connectivity index (χ4v) is 2.56. The van der Waals surface area contributed by atoms with E-state index in [0.717, 1.165) is 0 Å². The fraction of sp³-hybridized carbons (Fsp3) is 0.375. The number of nitro benzene ring substituents is 1. The number of nitro groups is 1. The molecule has 9 nitrogen and oxygen atoms in total. The van der Waals surface area contributed by atoms with E-state index in [1.807, 2.05) is 6.07 Å². The van der Waals surface area contributed by atoms with Gasteiger partial charge in [-0.15, -0.1) is 10.2 Å². The summed E-state index contributed by atoms with van der Waals surface area (Å²) < 4.78 is 4.92. The van der Waals surface area contributed by atoms with Gasteiger partial charge in [-0.1, -0.05) is 13.8 Å². The number of benzene rings is 1. The van der Waals surface area contributed by atoms with Crippen molar-refractivity contribution in [3.63, 3.8) is 0 Å². The zero-order chi connectivity index (χ0) is 18.8. The lowest BCUT2D eigenvalue weighted by atomic mass is 9.70. The van der Waals surface area contributed by atoms with E-state index < -0.39 is 27.8 Å². The number of nitriles is 1. The second-order valence-electron chi connectivity index (χ2n) is 6.20. The standard InChI is InChI=1S/C16H16N4O5/c1-16(2)7-13(21)14(15(22)10(16)8-17)19-18-11-5-4-9(25-3)6-12(11)20(23)24/h4-6,10,22H,7H2,1-3H3/b19-18+. The molecule has 0 spiro atoms. The van der Waals surface area contributed by atoms with Gasteiger partial charge in [0.15, 0.2) is 17.2 Å². The Balaban J connectivity index is 2.47. The Morgan fingerprint density at radius 3 is 2.68 bits per heavy atom. The Morgan fingerprint density at radius 2 is 2.12 bits per heavy atom. The van der Waals surface area contributed by atoms with Crippen molar-refractivity contribution in [3.05, 3.63) is 39.8 Å².